The minimum atomic E-state index is -0.980. The number of aromatic carboxylic acids is 1. The van der Waals surface area contributed by atoms with Crippen LogP contribution in [-0.2, 0) is 9.47 Å². The van der Waals surface area contributed by atoms with Crippen molar-refractivity contribution in [1.82, 2.24) is 0 Å². The third kappa shape index (κ3) is 5.51. The quantitative estimate of drug-likeness (QED) is 0.504. The average Bonchev–Trinajstić information content (AvgIpc) is 2.71. The van der Waals surface area contributed by atoms with Crippen LogP contribution in [0.25, 0.3) is 0 Å². The monoisotopic (exact) mass is 436 g/mol. The fourth-order valence-electron chi connectivity index (χ4n) is 4.64. The molecule has 2 aliphatic rings. The van der Waals surface area contributed by atoms with Crippen LogP contribution in [0.3, 0.4) is 0 Å². The molecule has 170 valence electrons. The molecule has 2 atom stereocenters. The summed E-state index contributed by atoms with van der Waals surface area (Å²) in [5, 5.41) is 19.9. The highest BCUT2D eigenvalue weighted by Gasteiger charge is 2.41. The Kier molecular flexibility index (Phi) is 6.97. The summed E-state index contributed by atoms with van der Waals surface area (Å²) >= 11 is 0. The Balaban J connectivity index is 1.91. The Morgan fingerprint density at radius 2 is 1.84 bits per heavy atom. The predicted molar refractivity (Wildman–Crippen MR) is 124 cm³/mol. The van der Waals surface area contributed by atoms with Gasteiger partial charge >= 0.3 is 5.97 Å². The molecule has 1 aromatic carbocycles. The average molecular weight is 437 g/mol. The molecule has 0 amide bonds. The van der Waals surface area contributed by atoms with Gasteiger partial charge in [-0.3, -0.25) is 0 Å². The van der Waals surface area contributed by atoms with Crippen molar-refractivity contribution in [2.45, 2.75) is 40.2 Å². The molecule has 0 aromatic heterocycles. The number of allylic oxidation sites excluding steroid dienone is 2. The molecule has 2 unspecified atom stereocenters. The van der Waals surface area contributed by atoms with Gasteiger partial charge in [0.2, 0.25) is 0 Å². The summed E-state index contributed by atoms with van der Waals surface area (Å²) in [4.78, 5) is 11.0. The third-order valence-electron chi connectivity index (χ3n) is 5.83. The van der Waals surface area contributed by atoms with E-state index in [1.54, 1.807) is 19.2 Å². The number of aliphatic hydroxyl groups excluding tert-OH is 1. The number of hydrogen-bond acceptors (Lipinski definition) is 4. The molecule has 2 N–H and O–H groups in total. The zero-order valence-electron chi connectivity index (χ0n) is 19.4. The Morgan fingerprint density at radius 1 is 1.16 bits per heavy atom. The molecule has 0 radical (unpaired) electrons. The lowest BCUT2D eigenvalue weighted by Crippen LogP contribution is -2.33. The summed E-state index contributed by atoms with van der Waals surface area (Å²) in [6, 6.07) is 6.30. The van der Waals surface area contributed by atoms with Gasteiger partial charge < -0.3 is 19.7 Å². The van der Waals surface area contributed by atoms with Crippen LogP contribution in [0.4, 0.5) is 0 Å². The second-order valence-electron chi connectivity index (χ2n) is 9.73. The molecule has 0 fully saturated rings. The van der Waals surface area contributed by atoms with E-state index >= 15 is 0 Å². The Labute approximate surface area is 190 Å². The fraction of sp³-hybridized carbons (Fsp3) is 0.444. The molecule has 0 bridgehead atoms. The second kappa shape index (κ2) is 9.36. The minimum absolute atomic E-state index is 0.0350. The van der Waals surface area contributed by atoms with E-state index in [2.05, 4.69) is 51.7 Å². The van der Waals surface area contributed by atoms with Crippen molar-refractivity contribution >= 4 is 5.97 Å². The van der Waals surface area contributed by atoms with Gasteiger partial charge in [-0.25, -0.2) is 4.79 Å². The fourth-order valence-corrected chi connectivity index (χ4v) is 4.64. The summed E-state index contributed by atoms with van der Waals surface area (Å²) < 4.78 is 11.2. The molecule has 1 aromatic rings. The number of benzene rings is 1. The molecule has 0 aliphatic heterocycles. The molecule has 0 heterocycles. The first kappa shape index (κ1) is 23.8. The highest BCUT2D eigenvalue weighted by atomic mass is 16.5. The third-order valence-corrected chi connectivity index (χ3v) is 5.83. The molecule has 3 rings (SSSR count). The standard InChI is InChI=1S/C27H32O5/c1-26(2)16-21-22(27(3,4)17-26)14-20(15-24(21)32-13-12-31-5)23(28)11-8-18-6-9-19(10-7-18)25(29)30/h6-7,9-10,14-16,20,23,28H,12-13,17H2,1-5H3,(H,29,30). The van der Waals surface area contributed by atoms with E-state index in [0.29, 0.717) is 18.8 Å². The van der Waals surface area contributed by atoms with Crippen molar-refractivity contribution < 1.29 is 24.5 Å². The lowest BCUT2D eigenvalue weighted by atomic mass is 9.62. The van der Waals surface area contributed by atoms with Crippen molar-refractivity contribution in [2.24, 2.45) is 16.7 Å². The van der Waals surface area contributed by atoms with Gasteiger partial charge in [0.05, 0.1) is 12.2 Å². The highest BCUT2D eigenvalue weighted by molar-refractivity contribution is 5.87. The molecule has 2 aliphatic carbocycles. The molecule has 5 nitrogen and oxygen atoms in total. The van der Waals surface area contributed by atoms with Crippen LogP contribution >= 0.6 is 0 Å². The molecule has 0 spiro atoms. The van der Waals surface area contributed by atoms with Gasteiger partial charge in [0.15, 0.2) is 0 Å². The SMILES string of the molecule is COCCOC1=CC(C(O)C#Cc2ccc(C(=O)O)cc2)C=C2C1=CC(C)(C)CC2(C)C. The number of rotatable bonds is 6. The zero-order valence-corrected chi connectivity index (χ0v) is 19.4. The van der Waals surface area contributed by atoms with Crippen molar-refractivity contribution in [3.63, 3.8) is 0 Å². The maximum atomic E-state index is 11.0. The van der Waals surface area contributed by atoms with E-state index in [9.17, 15) is 9.90 Å². The maximum Gasteiger partial charge on any atom is 0.335 e. The Bertz CT molecular complexity index is 1010. The van der Waals surface area contributed by atoms with Crippen molar-refractivity contribution in [1.29, 1.82) is 0 Å². The number of ether oxygens (including phenoxy) is 2. The van der Waals surface area contributed by atoms with Gasteiger partial charge in [-0.2, -0.15) is 0 Å². The zero-order chi connectivity index (χ0) is 23.5. The van der Waals surface area contributed by atoms with Gasteiger partial charge in [0.25, 0.3) is 0 Å². The topological polar surface area (TPSA) is 76.0 Å². The largest absolute Gasteiger partial charge is 0.491 e. The van der Waals surface area contributed by atoms with Crippen LogP contribution < -0.4 is 0 Å². The van der Waals surface area contributed by atoms with Crippen LogP contribution in [0.5, 0.6) is 0 Å². The first-order valence-electron chi connectivity index (χ1n) is 10.8. The maximum absolute atomic E-state index is 11.0. The van der Waals surface area contributed by atoms with Crippen LogP contribution in [-0.4, -0.2) is 42.6 Å². The lowest BCUT2D eigenvalue weighted by molar-refractivity contribution is 0.0697. The molecule has 0 saturated carbocycles. The number of hydrogen-bond donors (Lipinski definition) is 2. The normalized spacial score (nSPS) is 21.7. The van der Waals surface area contributed by atoms with Gasteiger partial charge in [-0.1, -0.05) is 51.7 Å². The molecule has 0 saturated heterocycles. The van der Waals surface area contributed by atoms with Crippen molar-refractivity contribution in [2.75, 3.05) is 20.3 Å². The summed E-state index contributed by atoms with van der Waals surface area (Å²) in [7, 11) is 1.64. The summed E-state index contributed by atoms with van der Waals surface area (Å²) in [6.45, 7) is 9.82. The van der Waals surface area contributed by atoms with Crippen LogP contribution in [0.2, 0.25) is 0 Å². The number of fused-ring (bicyclic) bond motifs is 1. The molecule has 32 heavy (non-hydrogen) atoms. The van der Waals surface area contributed by atoms with E-state index in [4.69, 9.17) is 14.6 Å². The van der Waals surface area contributed by atoms with E-state index in [0.717, 1.165) is 17.8 Å². The number of carboxylic acid groups (broad SMARTS) is 1. The predicted octanol–water partition coefficient (Wildman–Crippen LogP) is 4.58. The van der Waals surface area contributed by atoms with Crippen LogP contribution in [0.15, 0.2) is 59.4 Å². The van der Waals surface area contributed by atoms with E-state index in [1.165, 1.54) is 17.7 Å². The highest BCUT2D eigenvalue weighted by Crippen LogP contribution is 2.52. The van der Waals surface area contributed by atoms with Crippen LogP contribution in [0, 0.1) is 28.6 Å². The summed E-state index contributed by atoms with van der Waals surface area (Å²) in [5.74, 6) is 5.33. The summed E-state index contributed by atoms with van der Waals surface area (Å²) in [5.41, 5.74) is 3.07. The number of carboxylic acids is 1. The Morgan fingerprint density at radius 3 is 2.47 bits per heavy atom. The van der Waals surface area contributed by atoms with Crippen molar-refractivity contribution in [3.05, 3.63) is 70.5 Å². The number of carbonyl (C=O) groups is 1. The second-order valence-corrected chi connectivity index (χ2v) is 9.73. The van der Waals surface area contributed by atoms with Gasteiger partial charge in [0.1, 0.15) is 18.5 Å². The van der Waals surface area contributed by atoms with Gasteiger partial charge in [0, 0.05) is 24.2 Å². The molecular weight excluding hydrogens is 404 g/mol. The first-order chi connectivity index (χ1) is 15.0. The van der Waals surface area contributed by atoms with Gasteiger partial charge in [-0.05, 0) is 53.2 Å². The van der Waals surface area contributed by atoms with E-state index in [1.807, 2.05) is 6.08 Å². The number of methoxy groups -OCH3 is 1. The van der Waals surface area contributed by atoms with Gasteiger partial charge in [-0.15, -0.1) is 0 Å². The smallest absolute Gasteiger partial charge is 0.335 e. The summed E-state index contributed by atoms with van der Waals surface area (Å²) in [6.07, 6.45) is 6.38. The van der Waals surface area contributed by atoms with E-state index in [-0.39, 0.29) is 22.3 Å². The first-order valence-corrected chi connectivity index (χ1v) is 10.8. The Hall–Kier alpha value is -2.81. The van der Waals surface area contributed by atoms with Crippen LogP contribution in [0.1, 0.15) is 50.0 Å². The number of aliphatic hydroxyl groups is 1. The molecule has 5 heteroatoms. The van der Waals surface area contributed by atoms with E-state index < -0.39 is 12.1 Å². The lowest BCUT2D eigenvalue weighted by Gasteiger charge is -2.44. The van der Waals surface area contributed by atoms with Crippen molar-refractivity contribution in [3.8, 4) is 11.8 Å². The molecular formula is C27H32O5. The minimum Gasteiger partial charge on any atom is -0.491 e.